The van der Waals surface area contributed by atoms with E-state index in [9.17, 15) is 0 Å². The fraction of sp³-hybridized carbons (Fsp3) is 0.467. The van der Waals surface area contributed by atoms with E-state index in [2.05, 4.69) is 27.8 Å². The summed E-state index contributed by atoms with van der Waals surface area (Å²) in [6.45, 7) is 6.66. The van der Waals surface area contributed by atoms with Crippen LogP contribution >= 0.6 is 11.3 Å². The molecule has 3 rings (SSSR count). The number of hydrogen-bond donors (Lipinski definition) is 1. The molecule has 0 saturated carbocycles. The first-order valence-electron chi connectivity index (χ1n) is 7.41. The van der Waals surface area contributed by atoms with Gasteiger partial charge in [0.25, 0.3) is 0 Å². The molecule has 2 aromatic heterocycles. The van der Waals surface area contributed by atoms with Crippen molar-refractivity contribution in [2.45, 2.75) is 19.9 Å². The molecular weight excluding hydrogens is 282 g/mol. The van der Waals surface area contributed by atoms with Gasteiger partial charge in [0.1, 0.15) is 5.82 Å². The van der Waals surface area contributed by atoms with Crippen LogP contribution in [0.1, 0.15) is 17.5 Å². The molecule has 21 heavy (non-hydrogen) atoms. The Hall–Kier alpha value is -1.66. The minimum atomic E-state index is 0.592. The normalized spacial score (nSPS) is 15.5. The maximum absolute atomic E-state index is 5.80. The lowest BCUT2D eigenvalue weighted by Crippen LogP contribution is -2.46. The van der Waals surface area contributed by atoms with Gasteiger partial charge < -0.3 is 15.5 Å². The molecular formula is C15H21N5S. The zero-order chi connectivity index (χ0) is 14.7. The molecule has 1 aliphatic heterocycles. The van der Waals surface area contributed by atoms with Gasteiger partial charge in [0.2, 0.25) is 0 Å². The molecule has 0 amide bonds. The highest BCUT2D eigenvalue weighted by atomic mass is 32.1. The SMILES string of the molecule is CCc1nc(N2CCN(c3ccccn3)CC2)sc1CN. The third-order valence-corrected chi connectivity index (χ3v) is 4.99. The number of nitrogens with zero attached hydrogens (tertiary/aromatic N) is 4. The van der Waals surface area contributed by atoms with Gasteiger partial charge in [0.15, 0.2) is 5.13 Å². The second-order valence-corrected chi connectivity index (χ2v) is 6.15. The molecule has 1 aliphatic rings. The number of pyridine rings is 1. The van der Waals surface area contributed by atoms with E-state index in [4.69, 9.17) is 10.7 Å². The van der Waals surface area contributed by atoms with Crippen LogP contribution in [-0.2, 0) is 13.0 Å². The standard InChI is InChI=1S/C15H21N5S/c1-2-12-13(11-16)21-15(18-12)20-9-7-19(8-10-20)14-5-3-4-6-17-14/h3-6H,2,7-11,16H2,1H3. The summed E-state index contributed by atoms with van der Waals surface area (Å²) in [6, 6.07) is 6.06. The summed E-state index contributed by atoms with van der Waals surface area (Å²) in [7, 11) is 0. The van der Waals surface area contributed by atoms with Crippen LogP contribution in [-0.4, -0.2) is 36.1 Å². The molecule has 1 saturated heterocycles. The number of nitrogens with two attached hydrogens (primary N) is 1. The molecule has 0 bridgehead atoms. The van der Waals surface area contributed by atoms with E-state index < -0.39 is 0 Å². The topological polar surface area (TPSA) is 58.3 Å². The van der Waals surface area contributed by atoms with E-state index in [1.165, 1.54) is 4.88 Å². The van der Waals surface area contributed by atoms with Crippen molar-refractivity contribution in [3.05, 3.63) is 35.0 Å². The van der Waals surface area contributed by atoms with Crippen LogP contribution in [0.3, 0.4) is 0 Å². The van der Waals surface area contributed by atoms with Crippen molar-refractivity contribution < 1.29 is 0 Å². The van der Waals surface area contributed by atoms with Crippen molar-refractivity contribution >= 4 is 22.3 Å². The van der Waals surface area contributed by atoms with Gasteiger partial charge in [0, 0.05) is 43.8 Å². The summed E-state index contributed by atoms with van der Waals surface area (Å²) in [5.41, 5.74) is 6.96. The smallest absolute Gasteiger partial charge is 0.185 e. The van der Waals surface area contributed by atoms with Gasteiger partial charge in [-0.05, 0) is 18.6 Å². The van der Waals surface area contributed by atoms with Crippen LogP contribution in [0.4, 0.5) is 10.9 Å². The summed E-state index contributed by atoms with van der Waals surface area (Å²) in [5, 5.41) is 1.12. The van der Waals surface area contributed by atoms with Gasteiger partial charge in [-0.2, -0.15) is 0 Å². The Morgan fingerprint density at radius 2 is 1.95 bits per heavy atom. The molecule has 0 aromatic carbocycles. The highest BCUT2D eigenvalue weighted by molar-refractivity contribution is 7.15. The van der Waals surface area contributed by atoms with E-state index in [0.29, 0.717) is 6.54 Å². The van der Waals surface area contributed by atoms with Crippen molar-refractivity contribution in [2.75, 3.05) is 36.0 Å². The summed E-state index contributed by atoms with van der Waals surface area (Å²) < 4.78 is 0. The van der Waals surface area contributed by atoms with E-state index in [1.807, 2.05) is 18.3 Å². The van der Waals surface area contributed by atoms with Crippen LogP contribution in [0, 0.1) is 0 Å². The zero-order valence-electron chi connectivity index (χ0n) is 12.3. The fourth-order valence-corrected chi connectivity index (χ4v) is 3.69. The minimum Gasteiger partial charge on any atom is -0.353 e. The average Bonchev–Trinajstić information content (AvgIpc) is 2.99. The first-order chi connectivity index (χ1) is 10.3. The maximum Gasteiger partial charge on any atom is 0.185 e. The summed E-state index contributed by atoms with van der Waals surface area (Å²) in [5.74, 6) is 1.06. The van der Waals surface area contributed by atoms with Gasteiger partial charge in [-0.1, -0.05) is 13.0 Å². The lowest BCUT2D eigenvalue weighted by molar-refractivity contribution is 0.645. The van der Waals surface area contributed by atoms with Crippen molar-refractivity contribution in [2.24, 2.45) is 5.73 Å². The fourth-order valence-electron chi connectivity index (χ4n) is 2.61. The van der Waals surface area contributed by atoms with Crippen molar-refractivity contribution in [3.8, 4) is 0 Å². The van der Waals surface area contributed by atoms with E-state index >= 15 is 0 Å². The van der Waals surface area contributed by atoms with Crippen LogP contribution in [0.2, 0.25) is 0 Å². The lowest BCUT2D eigenvalue weighted by Gasteiger charge is -2.35. The Balaban J connectivity index is 1.67. The summed E-state index contributed by atoms with van der Waals surface area (Å²) in [6.07, 6.45) is 2.81. The highest BCUT2D eigenvalue weighted by Gasteiger charge is 2.21. The molecule has 0 spiro atoms. The Morgan fingerprint density at radius 1 is 1.19 bits per heavy atom. The Bertz CT molecular complexity index is 554. The van der Waals surface area contributed by atoms with Crippen LogP contribution < -0.4 is 15.5 Å². The first kappa shape index (κ1) is 14.3. The third-order valence-electron chi connectivity index (χ3n) is 3.81. The Kier molecular flexibility index (Phi) is 4.36. The summed E-state index contributed by atoms with van der Waals surface area (Å²) >= 11 is 1.74. The average molecular weight is 303 g/mol. The Labute approximate surface area is 129 Å². The van der Waals surface area contributed by atoms with E-state index in [0.717, 1.165) is 49.2 Å². The molecule has 112 valence electrons. The largest absolute Gasteiger partial charge is 0.353 e. The van der Waals surface area contributed by atoms with Gasteiger partial charge in [-0.3, -0.25) is 0 Å². The number of thiazole rings is 1. The summed E-state index contributed by atoms with van der Waals surface area (Å²) in [4.78, 5) is 15.1. The van der Waals surface area contributed by atoms with Gasteiger partial charge in [0.05, 0.1) is 5.69 Å². The van der Waals surface area contributed by atoms with Crippen molar-refractivity contribution in [3.63, 3.8) is 0 Å². The highest BCUT2D eigenvalue weighted by Crippen LogP contribution is 2.27. The predicted octanol–water partition coefficient (Wildman–Crippen LogP) is 1.89. The second kappa shape index (κ2) is 6.41. The molecule has 0 radical (unpaired) electrons. The predicted molar refractivity (Wildman–Crippen MR) is 88.0 cm³/mol. The maximum atomic E-state index is 5.80. The first-order valence-corrected chi connectivity index (χ1v) is 8.23. The number of rotatable bonds is 4. The molecule has 0 unspecified atom stereocenters. The number of anilines is 2. The second-order valence-electron chi connectivity index (χ2n) is 5.09. The monoisotopic (exact) mass is 303 g/mol. The van der Waals surface area contributed by atoms with Crippen molar-refractivity contribution in [1.29, 1.82) is 0 Å². The van der Waals surface area contributed by atoms with Crippen LogP contribution in [0.15, 0.2) is 24.4 Å². The number of aromatic nitrogens is 2. The van der Waals surface area contributed by atoms with Gasteiger partial charge >= 0.3 is 0 Å². The van der Waals surface area contributed by atoms with Gasteiger partial charge in [-0.15, -0.1) is 11.3 Å². The van der Waals surface area contributed by atoms with Gasteiger partial charge in [-0.25, -0.2) is 9.97 Å². The molecule has 1 fully saturated rings. The van der Waals surface area contributed by atoms with Crippen molar-refractivity contribution in [1.82, 2.24) is 9.97 Å². The number of aryl methyl sites for hydroxylation is 1. The van der Waals surface area contributed by atoms with Crippen LogP contribution in [0.5, 0.6) is 0 Å². The third kappa shape index (κ3) is 3.01. The van der Waals surface area contributed by atoms with E-state index in [1.54, 1.807) is 11.3 Å². The molecule has 0 aliphatic carbocycles. The molecule has 3 heterocycles. The van der Waals surface area contributed by atoms with Crippen LogP contribution in [0.25, 0.3) is 0 Å². The zero-order valence-corrected chi connectivity index (χ0v) is 13.1. The lowest BCUT2D eigenvalue weighted by atomic mass is 10.3. The molecule has 0 atom stereocenters. The van der Waals surface area contributed by atoms with E-state index in [-0.39, 0.29) is 0 Å². The molecule has 6 heteroatoms. The quantitative estimate of drug-likeness (QED) is 0.934. The minimum absolute atomic E-state index is 0.592. The molecule has 2 aromatic rings. The number of hydrogen-bond acceptors (Lipinski definition) is 6. The Morgan fingerprint density at radius 3 is 2.52 bits per heavy atom. The molecule has 5 nitrogen and oxygen atoms in total. The molecule has 2 N–H and O–H groups in total. The number of piperazine rings is 1.